The van der Waals surface area contributed by atoms with E-state index in [9.17, 15) is 18.0 Å². The van der Waals surface area contributed by atoms with Gasteiger partial charge in [0.05, 0.1) is 17.9 Å². The molecule has 4 nitrogen and oxygen atoms in total. The van der Waals surface area contributed by atoms with Crippen LogP contribution >= 0.6 is 0 Å². The van der Waals surface area contributed by atoms with Gasteiger partial charge in [-0.3, -0.25) is 4.79 Å². The van der Waals surface area contributed by atoms with E-state index in [1.165, 1.54) is 30.3 Å². The van der Waals surface area contributed by atoms with Crippen LogP contribution in [0.3, 0.4) is 0 Å². The molecule has 0 saturated heterocycles. The number of halogens is 3. The van der Waals surface area contributed by atoms with Gasteiger partial charge in [-0.15, -0.1) is 0 Å². The molecule has 0 aromatic heterocycles. The molecule has 156 valence electrons. The normalized spacial score (nSPS) is 11.1. The molecular weight excluding hydrogens is 395 g/mol. The highest BCUT2D eigenvalue weighted by molar-refractivity contribution is 6.05. The van der Waals surface area contributed by atoms with Gasteiger partial charge in [-0.25, -0.2) is 0 Å². The molecular formula is C23H20F3NO3. The minimum absolute atomic E-state index is 0.151. The molecule has 0 saturated carbocycles. The third-order valence-corrected chi connectivity index (χ3v) is 4.22. The lowest BCUT2D eigenvalue weighted by atomic mass is 10.1. The van der Waals surface area contributed by atoms with Crippen LogP contribution in [0, 0.1) is 0 Å². The number of benzene rings is 3. The lowest BCUT2D eigenvalue weighted by molar-refractivity contribution is -0.136. The van der Waals surface area contributed by atoms with Crippen LogP contribution in [0.15, 0.2) is 72.8 Å². The van der Waals surface area contributed by atoms with Gasteiger partial charge >= 0.3 is 6.18 Å². The molecule has 30 heavy (non-hydrogen) atoms. The summed E-state index contributed by atoms with van der Waals surface area (Å²) in [6.07, 6.45) is -4.58. The van der Waals surface area contributed by atoms with Gasteiger partial charge in [0.2, 0.25) is 0 Å². The van der Waals surface area contributed by atoms with E-state index in [1.54, 1.807) is 6.07 Å². The van der Waals surface area contributed by atoms with Crippen molar-refractivity contribution < 1.29 is 27.4 Å². The fourth-order valence-electron chi connectivity index (χ4n) is 2.81. The molecule has 0 unspecified atom stereocenters. The molecule has 0 aliphatic rings. The van der Waals surface area contributed by atoms with Crippen molar-refractivity contribution in [1.29, 1.82) is 0 Å². The number of nitrogens with one attached hydrogen (secondary N) is 1. The third-order valence-electron chi connectivity index (χ3n) is 4.22. The zero-order valence-electron chi connectivity index (χ0n) is 16.2. The lowest BCUT2D eigenvalue weighted by Crippen LogP contribution is -2.16. The van der Waals surface area contributed by atoms with Gasteiger partial charge in [0.15, 0.2) is 11.5 Å². The summed E-state index contributed by atoms with van der Waals surface area (Å²) in [5.74, 6) is 0.0949. The fraction of sp³-hybridized carbons (Fsp3) is 0.174. The number of carbonyl (C=O) groups excluding carboxylic acids is 1. The van der Waals surface area contributed by atoms with Gasteiger partial charge in [-0.1, -0.05) is 42.5 Å². The molecule has 1 amide bonds. The van der Waals surface area contributed by atoms with E-state index in [4.69, 9.17) is 9.47 Å². The second kappa shape index (κ2) is 9.35. The Morgan fingerprint density at radius 3 is 2.30 bits per heavy atom. The van der Waals surface area contributed by atoms with Gasteiger partial charge in [0.25, 0.3) is 5.91 Å². The zero-order chi connectivity index (χ0) is 21.6. The maximum atomic E-state index is 13.2. The van der Waals surface area contributed by atoms with Gasteiger partial charge in [-0.2, -0.15) is 13.2 Å². The SMILES string of the molecule is CCOc1ccc(C(=O)Nc2ccccc2C(F)(F)F)cc1OCc1ccccc1. The first kappa shape index (κ1) is 21.2. The Morgan fingerprint density at radius 2 is 1.60 bits per heavy atom. The van der Waals surface area contributed by atoms with Crippen LogP contribution in [0.5, 0.6) is 11.5 Å². The Balaban J connectivity index is 1.83. The van der Waals surface area contributed by atoms with Crippen molar-refractivity contribution in [1.82, 2.24) is 0 Å². The van der Waals surface area contributed by atoms with Crippen molar-refractivity contribution in [3.05, 3.63) is 89.5 Å². The molecule has 0 aliphatic heterocycles. The summed E-state index contributed by atoms with van der Waals surface area (Å²) < 4.78 is 50.9. The van der Waals surface area contributed by atoms with Crippen LogP contribution in [0.4, 0.5) is 18.9 Å². The quantitative estimate of drug-likeness (QED) is 0.520. The average molecular weight is 415 g/mol. The molecule has 0 fully saturated rings. The summed E-state index contributed by atoms with van der Waals surface area (Å²) in [6, 6.07) is 18.8. The van der Waals surface area contributed by atoms with E-state index < -0.39 is 17.6 Å². The number of carbonyl (C=O) groups is 1. The van der Waals surface area contributed by atoms with E-state index in [0.717, 1.165) is 11.6 Å². The molecule has 0 bridgehead atoms. The number of ether oxygens (including phenoxy) is 2. The topological polar surface area (TPSA) is 47.6 Å². The first-order valence-electron chi connectivity index (χ1n) is 9.29. The first-order valence-corrected chi connectivity index (χ1v) is 9.29. The van der Waals surface area contributed by atoms with Crippen molar-refractivity contribution in [3.63, 3.8) is 0 Å². The second-order valence-corrected chi connectivity index (χ2v) is 6.37. The highest BCUT2D eigenvalue weighted by Crippen LogP contribution is 2.35. The number of hydrogen-bond donors (Lipinski definition) is 1. The smallest absolute Gasteiger partial charge is 0.418 e. The van der Waals surface area contributed by atoms with Crippen molar-refractivity contribution >= 4 is 11.6 Å². The van der Waals surface area contributed by atoms with E-state index >= 15 is 0 Å². The Bertz CT molecular complexity index is 1000. The highest BCUT2D eigenvalue weighted by atomic mass is 19.4. The minimum atomic E-state index is -4.58. The first-order chi connectivity index (χ1) is 14.4. The zero-order valence-corrected chi connectivity index (χ0v) is 16.2. The fourth-order valence-corrected chi connectivity index (χ4v) is 2.81. The maximum Gasteiger partial charge on any atom is 0.418 e. The summed E-state index contributed by atoms with van der Waals surface area (Å²) in [5, 5.41) is 2.33. The summed E-state index contributed by atoms with van der Waals surface area (Å²) in [7, 11) is 0. The third kappa shape index (κ3) is 5.31. The number of rotatable bonds is 7. The number of amides is 1. The maximum absolute atomic E-state index is 13.2. The predicted molar refractivity (Wildman–Crippen MR) is 108 cm³/mol. The summed E-state index contributed by atoms with van der Waals surface area (Å²) in [4.78, 5) is 12.6. The van der Waals surface area contributed by atoms with Crippen LogP contribution in [0.1, 0.15) is 28.4 Å². The van der Waals surface area contributed by atoms with Crippen LogP contribution in [0.2, 0.25) is 0 Å². The molecule has 7 heteroatoms. The number of anilines is 1. The van der Waals surface area contributed by atoms with Gasteiger partial charge in [0.1, 0.15) is 6.61 Å². The molecule has 3 aromatic rings. The van der Waals surface area contributed by atoms with Gasteiger partial charge < -0.3 is 14.8 Å². The Labute approximate surface area is 172 Å². The van der Waals surface area contributed by atoms with Gasteiger partial charge in [-0.05, 0) is 42.8 Å². The summed E-state index contributed by atoms with van der Waals surface area (Å²) in [5.41, 5.74) is -0.145. The summed E-state index contributed by atoms with van der Waals surface area (Å²) >= 11 is 0. The van der Waals surface area contributed by atoms with Gasteiger partial charge in [0, 0.05) is 5.56 Å². The van der Waals surface area contributed by atoms with E-state index in [1.807, 2.05) is 37.3 Å². The minimum Gasteiger partial charge on any atom is -0.490 e. The average Bonchev–Trinajstić information content (AvgIpc) is 2.73. The summed E-state index contributed by atoms with van der Waals surface area (Å²) in [6.45, 7) is 2.46. The second-order valence-electron chi connectivity index (χ2n) is 6.37. The number of para-hydroxylation sites is 1. The lowest BCUT2D eigenvalue weighted by Gasteiger charge is -2.15. The number of hydrogen-bond acceptors (Lipinski definition) is 3. The highest BCUT2D eigenvalue weighted by Gasteiger charge is 2.33. The molecule has 3 aromatic carbocycles. The Morgan fingerprint density at radius 1 is 0.900 bits per heavy atom. The molecule has 0 heterocycles. The molecule has 0 radical (unpaired) electrons. The molecule has 1 N–H and O–H groups in total. The monoisotopic (exact) mass is 415 g/mol. The van der Waals surface area contributed by atoms with Crippen LogP contribution in [0.25, 0.3) is 0 Å². The predicted octanol–water partition coefficient (Wildman–Crippen LogP) is 5.94. The van der Waals surface area contributed by atoms with E-state index in [2.05, 4.69) is 5.32 Å². The molecule has 0 spiro atoms. The largest absolute Gasteiger partial charge is 0.490 e. The Kier molecular flexibility index (Phi) is 6.61. The van der Waals surface area contributed by atoms with Crippen molar-refractivity contribution in [2.75, 3.05) is 11.9 Å². The van der Waals surface area contributed by atoms with Crippen LogP contribution < -0.4 is 14.8 Å². The van der Waals surface area contributed by atoms with Crippen molar-refractivity contribution in [2.24, 2.45) is 0 Å². The molecule has 0 aliphatic carbocycles. The van der Waals surface area contributed by atoms with Crippen molar-refractivity contribution in [3.8, 4) is 11.5 Å². The van der Waals surface area contributed by atoms with Crippen LogP contribution in [-0.4, -0.2) is 12.5 Å². The molecule has 0 atom stereocenters. The van der Waals surface area contributed by atoms with Crippen LogP contribution in [-0.2, 0) is 12.8 Å². The van der Waals surface area contributed by atoms with E-state index in [0.29, 0.717) is 18.1 Å². The van der Waals surface area contributed by atoms with Crippen molar-refractivity contribution in [2.45, 2.75) is 19.7 Å². The Hall–Kier alpha value is -3.48. The molecule has 3 rings (SSSR count). The van der Waals surface area contributed by atoms with E-state index in [-0.39, 0.29) is 17.9 Å². The standard InChI is InChI=1S/C23H20F3NO3/c1-2-29-20-13-12-17(14-21(20)30-15-16-8-4-3-5-9-16)22(28)27-19-11-7-6-10-18(19)23(24,25)26/h3-14H,2,15H2,1H3,(H,27,28). The number of alkyl halides is 3.